The molecular formula is C18H24N2O4. The van der Waals surface area contributed by atoms with E-state index >= 15 is 0 Å². The van der Waals surface area contributed by atoms with Crippen molar-refractivity contribution >= 4 is 11.8 Å². The SMILES string of the molecule is COc1ccc(C(=O)N2C[C@H]3C[C@@H](NC(C)=O)[C@H](O)C[C@H]3C2)cc1. The molecule has 0 spiro atoms. The summed E-state index contributed by atoms with van der Waals surface area (Å²) in [6.07, 6.45) is 0.811. The van der Waals surface area contributed by atoms with Gasteiger partial charge in [-0.1, -0.05) is 0 Å². The zero-order chi connectivity index (χ0) is 17.3. The lowest BCUT2D eigenvalue weighted by Gasteiger charge is -2.35. The van der Waals surface area contributed by atoms with Gasteiger partial charge < -0.3 is 20.1 Å². The molecule has 0 radical (unpaired) electrons. The summed E-state index contributed by atoms with van der Waals surface area (Å²) >= 11 is 0. The van der Waals surface area contributed by atoms with E-state index in [1.54, 1.807) is 31.4 Å². The Hall–Kier alpha value is -2.08. The van der Waals surface area contributed by atoms with E-state index in [1.165, 1.54) is 6.92 Å². The molecule has 2 aliphatic rings. The predicted octanol–water partition coefficient (Wildman–Crippen LogP) is 1.04. The summed E-state index contributed by atoms with van der Waals surface area (Å²) in [5, 5.41) is 13.1. The van der Waals surface area contributed by atoms with Gasteiger partial charge in [-0.05, 0) is 48.9 Å². The fourth-order valence-electron chi connectivity index (χ4n) is 3.93. The lowest BCUT2D eigenvalue weighted by atomic mass is 9.77. The molecule has 6 heteroatoms. The lowest BCUT2D eigenvalue weighted by Crippen LogP contribution is -2.48. The number of nitrogens with one attached hydrogen (secondary N) is 1. The number of fused-ring (bicyclic) bond motifs is 1. The van der Waals surface area contributed by atoms with Gasteiger partial charge in [-0.3, -0.25) is 9.59 Å². The van der Waals surface area contributed by atoms with Crippen LogP contribution < -0.4 is 10.1 Å². The molecule has 1 aromatic rings. The van der Waals surface area contributed by atoms with Crippen molar-refractivity contribution in [2.75, 3.05) is 20.2 Å². The summed E-state index contributed by atoms with van der Waals surface area (Å²) in [6.45, 7) is 2.81. The maximum atomic E-state index is 12.7. The zero-order valence-corrected chi connectivity index (χ0v) is 14.1. The number of ether oxygens (including phenoxy) is 1. The highest BCUT2D eigenvalue weighted by Crippen LogP contribution is 2.37. The van der Waals surface area contributed by atoms with Gasteiger partial charge in [-0.15, -0.1) is 0 Å². The summed E-state index contributed by atoms with van der Waals surface area (Å²) in [5.41, 5.74) is 0.647. The van der Waals surface area contributed by atoms with Crippen LogP contribution in [-0.4, -0.2) is 54.2 Å². The van der Waals surface area contributed by atoms with Crippen molar-refractivity contribution < 1.29 is 19.4 Å². The van der Waals surface area contributed by atoms with Crippen molar-refractivity contribution in [3.05, 3.63) is 29.8 Å². The first kappa shape index (κ1) is 16.8. The number of likely N-dealkylation sites (tertiary alicyclic amines) is 1. The fraction of sp³-hybridized carbons (Fsp3) is 0.556. The number of benzene rings is 1. The molecule has 1 aliphatic carbocycles. The highest BCUT2D eigenvalue weighted by atomic mass is 16.5. The zero-order valence-electron chi connectivity index (χ0n) is 14.1. The summed E-state index contributed by atoms with van der Waals surface area (Å²) in [4.78, 5) is 25.8. The Morgan fingerprint density at radius 2 is 1.79 bits per heavy atom. The highest BCUT2D eigenvalue weighted by molar-refractivity contribution is 5.94. The molecule has 3 rings (SSSR count). The molecule has 1 aliphatic heterocycles. The number of amides is 2. The molecule has 1 heterocycles. The molecule has 4 atom stereocenters. The Morgan fingerprint density at radius 3 is 2.38 bits per heavy atom. The number of methoxy groups -OCH3 is 1. The number of hydrogen-bond acceptors (Lipinski definition) is 4. The molecule has 2 amide bonds. The number of rotatable bonds is 3. The molecule has 130 valence electrons. The van der Waals surface area contributed by atoms with Gasteiger partial charge in [0.2, 0.25) is 5.91 Å². The average Bonchev–Trinajstić information content (AvgIpc) is 2.97. The van der Waals surface area contributed by atoms with Crippen LogP contribution in [0.3, 0.4) is 0 Å². The summed E-state index contributed by atoms with van der Waals surface area (Å²) in [5.74, 6) is 1.24. The maximum absolute atomic E-state index is 12.7. The number of hydrogen-bond donors (Lipinski definition) is 2. The second-order valence-corrected chi connectivity index (χ2v) is 6.80. The molecule has 2 fully saturated rings. The first-order chi connectivity index (χ1) is 11.5. The van der Waals surface area contributed by atoms with Gasteiger partial charge in [-0.2, -0.15) is 0 Å². The Bertz CT molecular complexity index is 616. The Morgan fingerprint density at radius 1 is 1.17 bits per heavy atom. The molecule has 0 aromatic heterocycles. The van der Waals surface area contributed by atoms with Crippen LogP contribution in [0.4, 0.5) is 0 Å². The molecular weight excluding hydrogens is 308 g/mol. The van der Waals surface area contributed by atoms with Crippen molar-refractivity contribution in [3.63, 3.8) is 0 Å². The number of aliphatic hydroxyl groups is 1. The average molecular weight is 332 g/mol. The number of nitrogens with zero attached hydrogens (tertiary/aromatic N) is 1. The third kappa shape index (κ3) is 3.38. The molecule has 0 bridgehead atoms. The van der Waals surface area contributed by atoms with Crippen LogP contribution in [0.15, 0.2) is 24.3 Å². The van der Waals surface area contributed by atoms with Crippen molar-refractivity contribution in [2.45, 2.75) is 31.9 Å². The molecule has 2 N–H and O–H groups in total. The second-order valence-electron chi connectivity index (χ2n) is 6.80. The van der Waals surface area contributed by atoms with Crippen LogP contribution in [0.5, 0.6) is 5.75 Å². The maximum Gasteiger partial charge on any atom is 0.253 e. The van der Waals surface area contributed by atoms with Crippen LogP contribution in [0, 0.1) is 11.8 Å². The minimum Gasteiger partial charge on any atom is -0.497 e. The van der Waals surface area contributed by atoms with E-state index in [-0.39, 0.29) is 17.9 Å². The van der Waals surface area contributed by atoms with E-state index in [4.69, 9.17) is 4.74 Å². The number of carbonyl (C=O) groups excluding carboxylic acids is 2. The molecule has 24 heavy (non-hydrogen) atoms. The van der Waals surface area contributed by atoms with E-state index in [1.807, 2.05) is 4.90 Å². The van der Waals surface area contributed by atoms with Crippen molar-refractivity contribution in [1.82, 2.24) is 10.2 Å². The second kappa shape index (κ2) is 6.81. The largest absolute Gasteiger partial charge is 0.497 e. The molecule has 1 aromatic carbocycles. The van der Waals surface area contributed by atoms with Crippen LogP contribution in [0.2, 0.25) is 0 Å². The van der Waals surface area contributed by atoms with E-state index in [9.17, 15) is 14.7 Å². The monoisotopic (exact) mass is 332 g/mol. The topological polar surface area (TPSA) is 78.9 Å². The van der Waals surface area contributed by atoms with E-state index < -0.39 is 6.10 Å². The van der Waals surface area contributed by atoms with Gasteiger partial charge in [-0.25, -0.2) is 0 Å². The molecule has 6 nitrogen and oxygen atoms in total. The van der Waals surface area contributed by atoms with Crippen LogP contribution in [-0.2, 0) is 4.79 Å². The quantitative estimate of drug-likeness (QED) is 0.867. The van der Waals surface area contributed by atoms with E-state index in [2.05, 4.69) is 5.32 Å². The third-order valence-electron chi connectivity index (χ3n) is 5.15. The Balaban J connectivity index is 1.65. The van der Waals surface area contributed by atoms with Crippen LogP contribution in [0.25, 0.3) is 0 Å². The van der Waals surface area contributed by atoms with Crippen molar-refractivity contribution in [1.29, 1.82) is 0 Å². The van der Waals surface area contributed by atoms with Gasteiger partial charge >= 0.3 is 0 Å². The summed E-state index contributed by atoms with van der Waals surface area (Å²) < 4.78 is 5.12. The predicted molar refractivity (Wildman–Crippen MR) is 88.7 cm³/mol. The lowest BCUT2D eigenvalue weighted by molar-refractivity contribution is -0.121. The fourth-order valence-corrected chi connectivity index (χ4v) is 3.93. The van der Waals surface area contributed by atoms with Crippen molar-refractivity contribution in [2.24, 2.45) is 11.8 Å². The van der Waals surface area contributed by atoms with Gasteiger partial charge in [0.15, 0.2) is 0 Å². The molecule has 1 saturated carbocycles. The summed E-state index contributed by atoms with van der Waals surface area (Å²) in [6, 6.07) is 6.91. The van der Waals surface area contributed by atoms with Gasteiger partial charge in [0.05, 0.1) is 19.3 Å². The van der Waals surface area contributed by atoms with Gasteiger partial charge in [0.1, 0.15) is 5.75 Å². The highest BCUT2D eigenvalue weighted by Gasteiger charge is 2.43. The minimum atomic E-state index is -0.536. The van der Waals surface area contributed by atoms with Gasteiger partial charge in [0, 0.05) is 25.6 Å². The van der Waals surface area contributed by atoms with Crippen molar-refractivity contribution in [3.8, 4) is 5.75 Å². The standard InChI is InChI=1S/C18H24N2O4/c1-11(21)19-16-7-13-9-20(10-14(13)8-17(16)22)18(23)12-3-5-15(24-2)6-4-12/h3-6,13-14,16-17,22H,7-10H2,1-2H3,(H,19,21)/t13-,14+,16-,17-/m1/s1. The Kier molecular flexibility index (Phi) is 4.76. The van der Waals surface area contributed by atoms with E-state index in [0.29, 0.717) is 36.9 Å². The smallest absolute Gasteiger partial charge is 0.253 e. The first-order valence-electron chi connectivity index (χ1n) is 8.36. The Labute approximate surface area is 141 Å². The molecule has 0 unspecified atom stereocenters. The minimum absolute atomic E-state index is 0.0117. The number of aliphatic hydroxyl groups excluding tert-OH is 1. The number of carbonyl (C=O) groups is 2. The summed E-state index contributed by atoms with van der Waals surface area (Å²) in [7, 11) is 1.60. The van der Waals surface area contributed by atoms with Gasteiger partial charge in [0.25, 0.3) is 5.91 Å². The third-order valence-corrected chi connectivity index (χ3v) is 5.15. The first-order valence-corrected chi connectivity index (χ1v) is 8.36. The normalized spacial score (nSPS) is 29.0. The van der Waals surface area contributed by atoms with Crippen LogP contribution >= 0.6 is 0 Å². The van der Waals surface area contributed by atoms with Crippen LogP contribution in [0.1, 0.15) is 30.1 Å². The molecule has 1 saturated heterocycles. The van der Waals surface area contributed by atoms with E-state index in [0.717, 1.165) is 12.2 Å².